The number of Topliss-reactive ketones (excluding diaryl/α,β-unsaturated/α-hetero) is 1. The third kappa shape index (κ3) is 2.68. The minimum Gasteiger partial charge on any atom is -0.293 e. The zero-order valence-corrected chi connectivity index (χ0v) is 10.2. The van der Waals surface area contributed by atoms with E-state index in [-0.39, 0.29) is 0 Å². The molecule has 0 aliphatic carbocycles. The molecule has 14 heavy (non-hydrogen) atoms. The van der Waals surface area contributed by atoms with Crippen molar-refractivity contribution in [2.45, 2.75) is 40.5 Å². The zero-order chi connectivity index (χ0) is 10.7. The summed E-state index contributed by atoms with van der Waals surface area (Å²) < 4.78 is 0. The first kappa shape index (κ1) is 11.4. The smallest absolute Gasteiger partial charge is 0.173 e. The lowest BCUT2D eigenvalue weighted by Crippen LogP contribution is -2.03. The van der Waals surface area contributed by atoms with Crippen molar-refractivity contribution in [1.82, 2.24) is 0 Å². The van der Waals surface area contributed by atoms with Gasteiger partial charge < -0.3 is 0 Å². The fraction of sp³-hybridized carbons (Fsp3) is 0.583. The second kappa shape index (κ2) is 4.74. The van der Waals surface area contributed by atoms with E-state index in [2.05, 4.69) is 27.7 Å². The maximum absolute atomic E-state index is 11.8. The van der Waals surface area contributed by atoms with Gasteiger partial charge in [0.05, 0.1) is 4.88 Å². The van der Waals surface area contributed by atoms with Crippen LogP contribution in [0, 0.1) is 19.8 Å². The number of carbonyl (C=O) groups is 1. The largest absolute Gasteiger partial charge is 0.293 e. The summed E-state index contributed by atoms with van der Waals surface area (Å²) >= 11 is 1.63. The van der Waals surface area contributed by atoms with Crippen LogP contribution in [0.2, 0.25) is 0 Å². The van der Waals surface area contributed by atoms with Crippen LogP contribution >= 0.6 is 11.3 Å². The Morgan fingerprint density at radius 1 is 1.50 bits per heavy atom. The molecule has 1 atom stereocenters. The molecule has 1 unspecified atom stereocenters. The predicted molar refractivity (Wildman–Crippen MR) is 62.2 cm³/mol. The molecule has 0 aliphatic heterocycles. The highest BCUT2D eigenvalue weighted by molar-refractivity contribution is 7.14. The third-order valence-electron chi connectivity index (χ3n) is 2.67. The van der Waals surface area contributed by atoms with Crippen LogP contribution in [-0.4, -0.2) is 5.78 Å². The van der Waals surface area contributed by atoms with Crippen LogP contribution in [0.3, 0.4) is 0 Å². The molecule has 0 N–H and O–H groups in total. The van der Waals surface area contributed by atoms with Gasteiger partial charge in [0.25, 0.3) is 0 Å². The molecule has 0 aliphatic rings. The summed E-state index contributed by atoms with van der Waals surface area (Å²) in [5.74, 6) is 0.811. The van der Waals surface area contributed by atoms with Gasteiger partial charge in [0.15, 0.2) is 5.78 Å². The summed E-state index contributed by atoms with van der Waals surface area (Å²) in [4.78, 5) is 14.0. The SMILES string of the molecule is CCC(C)CC(=O)c1cc(C)c(C)s1. The Morgan fingerprint density at radius 3 is 2.57 bits per heavy atom. The number of hydrogen-bond donors (Lipinski definition) is 0. The average molecular weight is 210 g/mol. The second-order valence-electron chi connectivity index (χ2n) is 3.99. The van der Waals surface area contributed by atoms with Crippen molar-refractivity contribution in [2.24, 2.45) is 5.92 Å². The van der Waals surface area contributed by atoms with Gasteiger partial charge >= 0.3 is 0 Å². The molecule has 1 aromatic rings. The first-order valence-corrected chi connectivity index (χ1v) is 5.96. The molecule has 0 spiro atoms. The molecule has 0 saturated heterocycles. The quantitative estimate of drug-likeness (QED) is 0.687. The Kier molecular flexibility index (Phi) is 3.87. The van der Waals surface area contributed by atoms with Crippen LogP contribution in [0.25, 0.3) is 0 Å². The van der Waals surface area contributed by atoms with E-state index in [4.69, 9.17) is 0 Å². The van der Waals surface area contributed by atoms with Crippen molar-refractivity contribution in [3.8, 4) is 0 Å². The molecule has 0 saturated carbocycles. The van der Waals surface area contributed by atoms with Gasteiger partial charge in [0.2, 0.25) is 0 Å². The van der Waals surface area contributed by atoms with Gasteiger partial charge in [0, 0.05) is 11.3 Å². The highest BCUT2D eigenvalue weighted by Crippen LogP contribution is 2.23. The molecule has 0 fully saturated rings. The van der Waals surface area contributed by atoms with Gasteiger partial charge in [-0.2, -0.15) is 0 Å². The normalized spacial score (nSPS) is 12.9. The summed E-state index contributed by atoms with van der Waals surface area (Å²) in [5, 5.41) is 0. The highest BCUT2D eigenvalue weighted by Gasteiger charge is 2.12. The van der Waals surface area contributed by atoms with Crippen LogP contribution in [0.15, 0.2) is 6.07 Å². The Morgan fingerprint density at radius 2 is 2.14 bits per heavy atom. The molecule has 1 rings (SSSR count). The van der Waals surface area contributed by atoms with Gasteiger partial charge in [-0.1, -0.05) is 20.3 Å². The van der Waals surface area contributed by atoms with Crippen molar-refractivity contribution >= 4 is 17.1 Å². The van der Waals surface area contributed by atoms with Crippen LogP contribution in [0.5, 0.6) is 0 Å². The van der Waals surface area contributed by atoms with E-state index in [9.17, 15) is 4.79 Å². The molecular formula is C12H18OS. The number of carbonyl (C=O) groups excluding carboxylic acids is 1. The summed E-state index contributed by atoms with van der Waals surface area (Å²) in [6.07, 6.45) is 1.77. The van der Waals surface area contributed by atoms with Crippen molar-refractivity contribution in [2.75, 3.05) is 0 Å². The average Bonchev–Trinajstić information content (AvgIpc) is 2.47. The lowest BCUT2D eigenvalue weighted by atomic mass is 10.0. The third-order valence-corrected chi connectivity index (χ3v) is 3.87. The molecule has 0 amide bonds. The summed E-state index contributed by atoms with van der Waals surface area (Å²) in [7, 11) is 0. The summed E-state index contributed by atoms with van der Waals surface area (Å²) in [5.41, 5.74) is 1.24. The molecule has 0 radical (unpaired) electrons. The Labute approximate surface area is 90.2 Å². The first-order valence-electron chi connectivity index (χ1n) is 5.14. The molecule has 78 valence electrons. The molecule has 0 aromatic carbocycles. The van der Waals surface area contributed by atoms with Crippen molar-refractivity contribution in [1.29, 1.82) is 0 Å². The standard InChI is InChI=1S/C12H18OS/c1-5-8(2)6-11(13)12-7-9(3)10(4)14-12/h7-8H,5-6H2,1-4H3. The highest BCUT2D eigenvalue weighted by atomic mass is 32.1. The van der Waals surface area contributed by atoms with Crippen LogP contribution < -0.4 is 0 Å². The Balaban J connectivity index is 2.70. The molecular weight excluding hydrogens is 192 g/mol. The first-order chi connectivity index (χ1) is 6.54. The summed E-state index contributed by atoms with van der Waals surface area (Å²) in [6.45, 7) is 8.39. The monoisotopic (exact) mass is 210 g/mol. The van der Waals surface area contributed by atoms with Crippen molar-refractivity contribution in [3.05, 3.63) is 21.4 Å². The molecule has 1 nitrogen and oxygen atoms in total. The molecule has 2 heteroatoms. The van der Waals surface area contributed by atoms with Gasteiger partial charge in [-0.3, -0.25) is 4.79 Å². The Hall–Kier alpha value is -0.630. The molecule has 0 bridgehead atoms. The fourth-order valence-electron chi connectivity index (χ4n) is 1.27. The van der Waals surface area contributed by atoms with E-state index in [1.165, 1.54) is 10.4 Å². The number of ketones is 1. The van der Waals surface area contributed by atoms with Crippen molar-refractivity contribution < 1.29 is 4.79 Å². The number of hydrogen-bond acceptors (Lipinski definition) is 2. The molecule has 1 aromatic heterocycles. The van der Waals surface area contributed by atoms with Gasteiger partial charge in [-0.05, 0) is 31.4 Å². The van der Waals surface area contributed by atoms with Gasteiger partial charge in [-0.25, -0.2) is 0 Å². The van der Waals surface area contributed by atoms with Gasteiger partial charge in [-0.15, -0.1) is 11.3 Å². The lowest BCUT2D eigenvalue weighted by molar-refractivity contribution is 0.0967. The number of thiophene rings is 1. The zero-order valence-electron chi connectivity index (χ0n) is 9.39. The molecule has 1 heterocycles. The minimum absolute atomic E-state index is 0.306. The van der Waals surface area contributed by atoms with Gasteiger partial charge in [0.1, 0.15) is 0 Å². The van der Waals surface area contributed by atoms with E-state index in [0.29, 0.717) is 18.1 Å². The van der Waals surface area contributed by atoms with Crippen LogP contribution in [-0.2, 0) is 0 Å². The van der Waals surface area contributed by atoms with E-state index in [1.807, 2.05) is 6.07 Å². The second-order valence-corrected chi connectivity index (χ2v) is 5.25. The van der Waals surface area contributed by atoms with Crippen molar-refractivity contribution in [3.63, 3.8) is 0 Å². The van der Waals surface area contributed by atoms with Crippen LogP contribution in [0.1, 0.15) is 46.8 Å². The topological polar surface area (TPSA) is 17.1 Å². The predicted octanol–water partition coefficient (Wildman–Crippen LogP) is 3.98. The van der Waals surface area contributed by atoms with E-state index < -0.39 is 0 Å². The Bertz CT molecular complexity index is 306. The minimum atomic E-state index is 0.306. The lowest BCUT2D eigenvalue weighted by Gasteiger charge is -2.04. The number of rotatable bonds is 4. The van der Waals surface area contributed by atoms with Crippen LogP contribution in [0.4, 0.5) is 0 Å². The maximum Gasteiger partial charge on any atom is 0.173 e. The van der Waals surface area contributed by atoms with E-state index in [1.54, 1.807) is 11.3 Å². The maximum atomic E-state index is 11.8. The van der Waals surface area contributed by atoms with E-state index in [0.717, 1.165) is 11.3 Å². The van der Waals surface area contributed by atoms with E-state index >= 15 is 0 Å². The fourth-order valence-corrected chi connectivity index (χ4v) is 2.25. The summed E-state index contributed by atoms with van der Waals surface area (Å²) in [6, 6.07) is 2.02. The number of aryl methyl sites for hydroxylation is 2.